The van der Waals surface area contributed by atoms with E-state index in [1.165, 1.54) is 142 Å². The van der Waals surface area contributed by atoms with Crippen molar-refractivity contribution in [1.82, 2.24) is 4.90 Å². The summed E-state index contributed by atoms with van der Waals surface area (Å²) in [5, 5.41) is 0. The quantitative estimate of drug-likeness (QED) is 0.290. The van der Waals surface area contributed by atoms with E-state index in [0.717, 1.165) is 6.17 Å². The molecule has 0 aromatic heterocycles. The van der Waals surface area contributed by atoms with E-state index in [-0.39, 0.29) is 12.4 Å². The molecule has 29 heavy (non-hydrogen) atoms. The van der Waals surface area contributed by atoms with Gasteiger partial charge in [0.25, 0.3) is 0 Å². The van der Waals surface area contributed by atoms with E-state index in [2.05, 4.69) is 25.7 Å². The Labute approximate surface area is 191 Å². The highest BCUT2D eigenvalue weighted by Crippen LogP contribution is 2.15. The molecule has 1 fully saturated rings. The van der Waals surface area contributed by atoms with Crippen molar-refractivity contribution in [3.05, 3.63) is 0 Å². The first kappa shape index (κ1) is 29.2. The maximum absolute atomic E-state index is 2.79. The molecule has 0 aromatic carbocycles. The first-order valence-electron chi connectivity index (χ1n) is 13.4. The van der Waals surface area contributed by atoms with Crippen molar-refractivity contribution in [1.29, 1.82) is 0 Å². The van der Waals surface area contributed by atoms with Crippen LogP contribution in [-0.4, -0.2) is 37.2 Å². The van der Waals surface area contributed by atoms with Crippen LogP contribution in [0.4, 0.5) is 0 Å². The molecule has 0 spiro atoms. The van der Waals surface area contributed by atoms with Crippen molar-refractivity contribution < 1.29 is 17.3 Å². The minimum Gasteiger partial charge on any atom is -1.00 e. The fourth-order valence-corrected chi connectivity index (χ4v) is 5.13. The summed E-state index contributed by atoms with van der Waals surface area (Å²) in [5.74, 6) is 0. The lowest BCUT2D eigenvalue weighted by Crippen LogP contribution is -3.14. The van der Waals surface area contributed by atoms with Crippen LogP contribution in [0.3, 0.4) is 0 Å². The SMILES string of the molecule is CCCCCCCCCCCCCCCCCC1N(CCC)CC[NH+]1CCC.[Cl-]. The molecule has 1 N–H and O–H groups in total. The van der Waals surface area contributed by atoms with Crippen molar-refractivity contribution in [2.24, 2.45) is 0 Å². The summed E-state index contributed by atoms with van der Waals surface area (Å²) in [6, 6.07) is 0. The van der Waals surface area contributed by atoms with Crippen molar-refractivity contribution in [2.75, 3.05) is 26.2 Å². The first-order valence-corrected chi connectivity index (χ1v) is 13.4. The van der Waals surface area contributed by atoms with Gasteiger partial charge in [-0.1, -0.05) is 111 Å². The Bertz CT molecular complexity index is 310. The van der Waals surface area contributed by atoms with Gasteiger partial charge in [-0.25, -0.2) is 4.90 Å². The van der Waals surface area contributed by atoms with E-state index in [1.807, 2.05) is 4.90 Å². The number of nitrogens with zero attached hydrogens (tertiary/aromatic N) is 1. The van der Waals surface area contributed by atoms with Crippen LogP contribution in [0.25, 0.3) is 0 Å². The number of halogens is 1. The van der Waals surface area contributed by atoms with Crippen LogP contribution in [0.15, 0.2) is 0 Å². The second-order valence-corrected chi connectivity index (χ2v) is 9.45. The number of unbranched alkanes of at least 4 members (excludes halogenated alkanes) is 14. The number of quaternary nitrogens is 1. The second kappa shape index (κ2) is 21.4. The zero-order chi connectivity index (χ0) is 20.3. The van der Waals surface area contributed by atoms with E-state index >= 15 is 0 Å². The Hall–Kier alpha value is 0.210. The summed E-state index contributed by atoms with van der Waals surface area (Å²) in [5.41, 5.74) is 0. The monoisotopic (exact) mass is 430 g/mol. The van der Waals surface area contributed by atoms with Gasteiger partial charge in [-0.15, -0.1) is 0 Å². The zero-order valence-electron chi connectivity index (χ0n) is 20.5. The summed E-state index contributed by atoms with van der Waals surface area (Å²) < 4.78 is 0. The summed E-state index contributed by atoms with van der Waals surface area (Å²) in [6.45, 7) is 12.4. The Morgan fingerprint density at radius 3 is 1.55 bits per heavy atom. The maximum atomic E-state index is 2.79. The predicted molar refractivity (Wildman–Crippen MR) is 126 cm³/mol. The average molecular weight is 431 g/mol. The van der Waals surface area contributed by atoms with E-state index in [0.29, 0.717) is 0 Å². The zero-order valence-corrected chi connectivity index (χ0v) is 21.2. The minimum absolute atomic E-state index is 0. The molecule has 2 nitrogen and oxygen atoms in total. The number of hydrogen-bond donors (Lipinski definition) is 1. The highest BCUT2D eigenvalue weighted by Gasteiger charge is 2.33. The molecule has 2 atom stereocenters. The van der Waals surface area contributed by atoms with E-state index in [9.17, 15) is 0 Å². The highest BCUT2D eigenvalue weighted by molar-refractivity contribution is 4.68. The van der Waals surface area contributed by atoms with Crippen molar-refractivity contribution >= 4 is 0 Å². The highest BCUT2D eigenvalue weighted by atomic mass is 35.5. The topological polar surface area (TPSA) is 7.68 Å². The van der Waals surface area contributed by atoms with Gasteiger partial charge >= 0.3 is 0 Å². The van der Waals surface area contributed by atoms with E-state index in [4.69, 9.17) is 0 Å². The molecule has 3 heteroatoms. The number of nitrogens with one attached hydrogen (secondary N) is 1. The molecule has 176 valence electrons. The normalized spacial score (nSPS) is 19.6. The van der Waals surface area contributed by atoms with Gasteiger partial charge in [-0.3, -0.25) is 0 Å². The summed E-state index contributed by atoms with van der Waals surface area (Å²) in [4.78, 5) is 4.66. The summed E-state index contributed by atoms with van der Waals surface area (Å²) >= 11 is 0. The van der Waals surface area contributed by atoms with Crippen LogP contribution in [0.5, 0.6) is 0 Å². The molecule has 1 saturated heterocycles. The third kappa shape index (κ3) is 14.8. The van der Waals surface area contributed by atoms with Crippen LogP contribution < -0.4 is 17.3 Å². The molecule has 0 saturated carbocycles. The lowest BCUT2D eigenvalue weighted by atomic mass is 10.0. The standard InChI is InChI=1S/C26H54N2.ClH/c1-4-7-8-9-10-11-12-13-14-15-16-17-18-19-20-21-26-27(22-5-2)24-25-28(26)23-6-3;/h26H,4-25H2,1-3H3;1H. The molecular weight excluding hydrogens is 376 g/mol. The molecule has 1 aliphatic heterocycles. The lowest BCUT2D eigenvalue weighted by Gasteiger charge is -2.26. The molecule has 0 aromatic rings. The smallest absolute Gasteiger partial charge is 0.144 e. The molecule has 0 bridgehead atoms. The van der Waals surface area contributed by atoms with Gasteiger partial charge in [-0.2, -0.15) is 0 Å². The fourth-order valence-electron chi connectivity index (χ4n) is 5.13. The summed E-state index contributed by atoms with van der Waals surface area (Å²) in [6.07, 6.45) is 26.9. The Kier molecular flexibility index (Phi) is 21.6. The van der Waals surface area contributed by atoms with E-state index in [1.54, 1.807) is 0 Å². The fraction of sp³-hybridized carbons (Fsp3) is 1.00. The molecule has 2 unspecified atom stereocenters. The Morgan fingerprint density at radius 1 is 0.621 bits per heavy atom. The molecule has 0 radical (unpaired) electrons. The van der Waals surface area contributed by atoms with E-state index < -0.39 is 0 Å². The lowest BCUT2D eigenvalue weighted by molar-refractivity contribution is -0.918. The first-order chi connectivity index (χ1) is 13.8. The molecule has 1 heterocycles. The van der Waals surface area contributed by atoms with Crippen LogP contribution in [0.2, 0.25) is 0 Å². The third-order valence-corrected chi connectivity index (χ3v) is 6.80. The second-order valence-electron chi connectivity index (χ2n) is 9.45. The van der Waals surface area contributed by atoms with Gasteiger partial charge in [0, 0.05) is 13.0 Å². The number of hydrogen-bond acceptors (Lipinski definition) is 1. The molecule has 0 aliphatic carbocycles. The Balaban J connectivity index is 0.00000784. The third-order valence-electron chi connectivity index (χ3n) is 6.80. The number of rotatable bonds is 20. The van der Waals surface area contributed by atoms with Crippen molar-refractivity contribution in [2.45, 2.75) is 143 Å². The Morgan fingerprint density at radius 2 is 1.10 bits per heavy atom. The van der Waals surface area contributed by atoms with Crippen molar-refractivity contribution in [3.8, 4) is 0 Å². The van der Waals surface area contributed by atoms with Crippen LogP contribution in [-0.2, 0) is 0 Å². The van der Waals surface area contributed by atoms with Gasteiger partial charge in [0.1, 0.15) is 6.17 Å². The van der Waals surface area contributed by atoms with Crippen LogP contribution in [0, 0.1) is 0 Å². The van der Waals surface area contributed by atoms with Crippen molar-refractivity contribution in [3.63, 3.8) is 0 Å². The van der Waals surface area contributed by atoms with Crippen LogP contribution >= 0.6 is 0 Å². The predicted octanol–water partition coefficient (Wildman–Crippen LogP) is 3.60. The molecule has 1 rings (SSSR count). The van der Waals surface area contributed by atoms with Gasteiger partial charge in [0.2, 0.25) is 0 Å². The average Bonchev–Trinajstić information content (AvgIpc) is 3.07. The maximum Gasteiger partial charge on any atom is 0.144 e. The van der Waals surface area contributed by atoms with Gasteiger partial charge < -0.3 is 17.3 Å². The molecular formula is C26H55ClN2. The largest absolute Gasteiger partial charge is 1.00 e. The van der Waals surface area contributed by atoms with Gasteiger partial charge in [0.15, 0.2) is 0 Å². The molecule has 0 amide bonds. The molecule has 1 aliphatic rings. The van der Waals surface area contributed by atoms with Crippen LogP contribution in [0.1, 0.15) is 136 Å². The summed E-state index contributed by atoms with van der Waals surface area (Å²) in [7, 11) is 0. The minimum atomic E-state index is 0. The van der Waals surface area contributed by atoms with Gasteiger partial charge in [0.05, 0.1) is 19.6 Å². The van der Waals surface area contributed by atoms with Gasteiger partial charge in [-0.05, 0) is 19.3 Å².